The molecule has 1 aliphatic carbocycles. The Morgan fingerprint density at radius 3 is 2.50 bits per heavy atom. The van der Waals surface area contributed by atoms with E-state index in [4.69, 9.17) is 4.98 Å². The highest BCUT2D eigenvalue weighted by molar-refractivity contribution is 6.09. The van der Waals surface area contributed by atoms with Gasteiger partial charge in [-0.1, -0.05) is 30.3 Å². The molecular formula is C17H14N3+. The van der Waals surface area contributed by atoms with E-state index in [1.807, 2.05) is 48.0 Å². The zero-order valence-corrected chi connectivity index (χ0v) is 11.2. The van der Waals surface area contributed by atoms with Crippen LogP contribution in [0.3, 0.4) is 0 Å². The minimum absolute atomic E-state index is 0.981. The lowest BCUT2D eigenvalue weighted by Gasteiger charge is -2.04. The molecule has 2 aliphatic rings. The molecule has 0 amide bonds. The highest BCUT2D eigenvalue weighted by Crippen LogP contribution is 2.42. The third-order valence-electron chi connectivity index (χ3n) is 3.69. The molecule has 0 bridgehead atoms. The Labute approximate surface area is 116 Å². The van der Waals surface area contributed by atoms with Gasteiger partial charge in [-0.3, -0.25) is 0 Å². The normalized spacial score (nSPS) is 11.4. The van der Waals surface area contributed by atoms with Crippen molar-refractivity contribution < 1.29 is 4.58 Å². The van der Waals surface area contributed by atoms with Crippen molar-refractivity contribution in [3.05, 3.63) is 48.5 Å². The van der Waals surface area contributed by atoms with Gasteiger partial charge in [0.25, 0.3) is 0 Å². The van der Waals surface area contributed by atoms with Crippen LogP contribution in [0.4, 0.5) is 5.69 Å². The van der Waals surface area contributed by atoms with Gasteiger partial charge in [0, 0.05) is 5.39 Å². The van der Waals surface area contributed by atoms with E-state index in [0.29, 0.717) is 0 Å². The summed E-state index contributed by atoms with van der Waals surface area (Å²) >= 11 is 0. The van der Waals surface area contributed by atoms with E-state index in [-0.39, 0.29) is 0 Å². The van der Waals surface area contributed by atoms with Gasteiger partial charge in [0.2, 0.25) is 5.69 Å². The number of aromatic nitrogens is 2. The van der Waals surface area contributed by atoms with Gasteiger partial charge in [0.1, 0.15) is 25.2 Å². The Bertz CT molecular complexity index is 934. The lowest BCUT2D eigenvalue weighted by molar-refractivity contribution is -0.392. The van der Waals surface area contributed by atoms with Crippen LogP contribution in [-0.4, -0.2) is 28.3 Å². The van der Waals surface area contributed by atoms with Gasteiger partial charge in [-0.25, -0.2) is 9.56 Å². The van der Waals surface area contributed by atoms with Gasteiger partial charge in [-0.05, 0) is 18.2 Å². The van der Waals surface area contributed by atoms with Crippen molar-refractivity contribution in [2.45, 2.75) is 0 Å². The highest BCUT2D eigenvalue weighted by atomic mass is 15.0. The molecule has 2 aromatic rings. The highest BCUT2D eigenvalue weighted by Gasteiger charge is 2.25. The van der Waals surface area contributed by atoms with Crippen LogP contribution in [0.5, 0.6) is 0 Å². The van der Waals surface area contributed by atoms with Gasteiger partial charge < -0.3 is 4.98 Å². The first-order valence-electron chi connectivity index (χ1n) is 6.59. The number of rotatable bonds is 1. The van der Waals surface area contributed by atoms with E-state index in [2.05, 4.69) is 23.8 Å². The molecule has 96 valence electrons. The van der Waals surface area contributed by atoms with Crippen LogP contribution in [0, 0.1) is 0 Å². The molecular weight excluding hydrogens is 246 g/mol. The molecule has 2 aromatic carbocycles. The first kappa shape index (κ1) is 11.2. The number of aromatic amines is 1. The lowest BCUT2D eigenvalue weighted by atomic mass is 10.2. The summed E-state index contributed by atoms with van der Waals surface area (Å²) in [4.78, 5) is 8.33. The van der Waals surface area contributed by atoms with Crippen molar-refractivity contribution in [1.82, 2.24) is 9.97 Å². The first-order chi connectivity index (χ1) is 9.75. The molecule has 1 aliphatic heterocycles. The Balaban J connectivity index is 2.28. The summed E-state index contributed by atoms with van der Waals surface area (Å²) in [5.74, 6) is 0. The second-order valence-corrected chi connectivity index (χ2v) is 5.07. The predicted molar refractivity (Wildman–Crippen MR) is 83.2 cm³/mol. The van der Waals surface area contributed by atoms with Crippen molar-refractivity contribution >= 4 is 34.2 Å². The summed E-state index contributed by atoms with van der Waals surface area (Å²) in [6, 6.07) is 16.4. The summed E-state index contributed by atoms with van der Waals surface area (Å²) in [7, 11) is 1.96. The third kappa shape index (κ3) is 1.40. The molecule has 4 rings (SSSR count). The molecule has 0 unspecified atom stereocenters. The van der Waals surface area contributed by atoms with Gasteiger partial charge >= 0.3 is 0 Å². The third-order valence-corrected chi connectivity index (χ3v) is 3.69. The maximum atomic E-state index is 4.82. The zero-order chi connectivity index (χ0) is 13.7. The molecule has 1 heterocycles. The molecule has 0 aromatic heterocycles. The molecule has 20 heavy (non-hydrogen) atoms. The molecule has 3 nitrogen and oxygen atoms in total. The largest absolute Gasteiger partial charge is 0.347 e. The SMILES string of the molecule is C=[N+](C)c1c2[nH]c3ccccc3nc-2c2ccccc12. The van der Waals surface area contributed by atoms with Crippen LogP contribution in [-0.2, 0) is 0 Å². The average molecular weight is 260 g/mol. The summed E-state index contributed by atoms with van der Waals surface area (Å²) < 4.78 is 1.90. The van der Waals surface area contributed by atoms with Crippen LogP contribution < -0.4 is 0 Å². The van der Waals surface area contributed by atoms with Crippen LogP contribution in [0.1, 0.15) is 0 Å². The molecule has 1 N–H and O–H groups in total. The summed E-state index contributed by atoms with van der Waals surface area (Å²) in [5, 5.41) is 2.34. The minimum Gasteiger partial charge on any atom is -0.347 e. The molecule has 0 spiro atoms. The second-order valence-electron chi connectivity index (χ2n) is 5.07. The van der Waals surface area contributed by atoms with Gasteiger partial charge in [-0.15, -0.1) is 0 Å². The fraction of sp³-hybridized carbons (Fsp3) is 0.0588. The van der Waals surface area contributed by atoms with Crippen LogP contribution >= 0.6 is 0 Å². The Hall–Kier alpha value is -2.68. The number of para-hydroxylation sites is 2. The Kier molecular flexibility index (Phi) is 2.18. The van der Waals surface area contributed by atoms with Crippen molar-refractivity contribution in [3.63, 3.8) is 0 Å². The maximum absolute atomic E-state index is 4.82. The lowest BCUT2D eigenvalue weighted by Crippen LogP contribution is -1.96. The fourth-order valence-corrected chi connectivity index (χ4v) is 2.84. The first-order valence-corrected chi connectivity index (χ1v) is 6.59. The summed E-state index contributed by atoms with van der Waals surface area (Å²) in [5.41, 5.74) is 5.16. The second kappa shape index (κ2) is 3.90. The number of benzene rings is 2. The Morgan fingerprint density at radius 1 is 1.00 bits per heavy atom. The molecule has 0 atom stereocenters. The fourth-order valence-electron chi connectivity index (χ4n) is 2.84. The Morgan fingerprint density at radius 2 is 1.70 bits per heavy atom. The number of nitrogens with one attached hydrogen (secondary N) is 1. The van der Waals surface area contributed by atoms with E-state index >= 15 is 0 Å². The van der Waals surface area contributed by atoms with Crippen molar-refractivity contribution in [3.8, 4) is 11.4 Å². The van der Waals surface area contributed by atoms with E-state index in [9.17, 15) is 0 Å². The van der Waals surface area contributed by atoms with Crippen LogP contribution in [0.2, 0.25) is 0 Å². The van der Waals surface area contributed by atoms with Crippen molar-refractivity contribution in [2.24, 2.45) is 0 Å². The average Bonchev–Trinajstić information content (AvgIpc) is 2.78. The topological polar surface area (TPSA) is 31.7 Å². The van der Waals surface area contributed by atoms with Crippen molar-refractivity contribution in [1.29, 1.82) is 0 Å². The van der Waals surface area contributed by atoms with Gasteiger partial charge in [0.05, 0.1) is 16.4 Å². The minimum atomic E-state index is 0.981. The van der Waals surface area contributed by atoms with E-state index in [1.165, 1.54) is 5.39 Å². The molecule has 0 saturated heterocycles. The number of fused-ring (bicyclic) bond motifs is 4. The number of nitrogens with zero attached hydrogens (tertiary/aromatic N) is 2. The van der Waals surface area contributed by atoms with Gasteiger partial charge in [-0.2, -0.15) is 0 Å². The van der Waals surface area contributed by atoms with Gasteiger partial charge in [0.15, 0.2) is 0 Å². The maximum Gasteiger partial charge on any atom is 0.238 e. The van der Waals surface area contributed by atoms with Crippen molar-refractivity contribution in [2.75, 3.05) is 7.05 Å². The van der Waals surface area contributed by atoms with Crippen LogP contribution in [0.25, 0.3) is 33.2 Å². The number of hydrogen-bond donors (Lipinski definition) is 1. The molecule has 0 radical (unpaired) electrons. The number of H-pyrrole nitrogens is 1. The standard InChI is InChI=1S/C17H14N3/c1-20(2)17-12-8-4-3-7-11(12)15-16(17)19-14-10-6-5-9-13(14)18-15/h3-10,19H,1H2,2H3/q+1. The van der Waals surface area contributed by atoms with E-state index in [0.717, 1.165) is 33.5 Å². The zero-order valence-electron chi connectivity index (χ0n) is 11.2. The molecule has 3 heteroatoms. The predicted octanol–water partition coefficient (Wildman–Crippen LogP) is 3.80. The van der Waals surface area contributed by atoms with E-state index < -0.39 is 0 Å². The monoisotopic (exact) mass is 260 g/mol. The molecule has 0 saturated carbocycles. The number of hydrogen-bond acceptors (Lipinski definition) is 1. The summed E-state index contributed by atoms with van der Waals surface area (Å²) in [6.45, 7) is 4.05. The van der Waals surface area contributed by atoms with Crippen LogP contribution in [0.15, 0.2) is 48.5 Å². The smallest absolute Gasteiger partial charge is 0.238 e. The molecule has 0 fully saturated rings. The van der Waals surface area contributed by atoms with E-state index in [1.54, 1.807) is 0 Å². The summed E-state index contributed by atoms with van der Waals surface area (Å²) in [6.07, 6.45) is 0. The quantitative estimate of drug-likeness (QED) is 0.410.